The van der Waals surface area contributed by atoms with Gasteiger partial charge in [-0.2, -0.15) is 9.36 Å². The van der Waals surface area contributed by atoms with E-state index in [9.17, 15) is 4.79 Å². The number of amides is 1. The maximum Gasteiger partial charge on any atom is 0.242 e. The quantitative estimate of drug-likeness (QED) is 0.870. The monoisotopic (exact) mass is 316 g/mol. The Morgan fingerprint density at radius 1 is 1.23 bits per heavy atom. The van der Waals surface area contributed by atoms with E-state index >= 15 is 0 Å². The van der Waals surface area contributed by atoms with Gasteiger partial charge in [-0.15, -0.1) is 0 Å². The highest BCUT2D eigenvalue weighted by Gasteiger charge is 2.23. The third-order valence-corrected chi connectivity index (χ3v) is 4.52. The topological polar surface area (TPSA) is 49.3 Å². The minimum absolute atomic E-state index is 0.191. The maximum absolute atomic E-state index is 12.3. The molecular formula is C16H20N4OS. The van der Waals surface area contributed by atoms with Gasteiger partial charge in [0.15, 0.2) is 5.82 Å². The summed E-state index contributed by atoms with van der Waals surface area (Å²) in [5, 5.41) is 0.838. The molecule has 0 N–H and O–H groups in total. The molecule has 1 aliphatic rings. The molecule has 1 amide bonds. The second-order valence-electron chi connectivity index (χ2n) is 5.42. The first-order valence-electron chi connectivity index (χ1n) is 7.70. The SMILES string of the molecule is CCCN1CCCN(c2nc(-c3ccccc3)ns2)CC1=O. The molecule has 1 aliphatic heterocycles. The summed E-state index contributed by atoms with van der Waals surface area (Å²) in [6.45, 7) is 5.05. The van der Waals surface area contributed by atoms with E-state index in [1.807, 2.05) is 35.2 Å². The molecule has 2 heterocycles. The second-order valence-corrected chi connectivity index (χ2v) is 6.15. The zero-order valence-corrected chi connectivity index (χ0v) is 13.6. The molecule has 0 bridgehead atoms. The Hall–Kier alpha value is -1.95. The Kier molecular flexibility index (Phi) is 4.68. The molecule has 1 saturated heterocycles. The lowest BCUT2D eigenvalue weighted by Gasteiger charge is -2.20. The molecule has 0 saturated carbocycles. The van der Waals surface area contributed by atoms with Crippen molar-refractivity contribution in [3.63, 3.8) is 0 Å². The number of aromatic nitrogens is 2. The minimum Gasteiger partial charge on any atom is -0.341 e. The first-order chi connectivity index (χ1) is 10.8. The molecule has 0 radical (unpaired) electrons. The van der Waals surface area contributed by atoms with Crippen LogP contribution in [0.5, 0.6) is 0 Å². The predicted octanol–water partition coefficient (Wildman–Crippen LogP) is 2.65. The van der Waals surface area contributed by atoms with Crippen LogP contribution in [0.3, 0.4) is 0 Å². The van der Waals surface area contributed by atoms with E-state index in [1.54, 1.807) is 0 Å². The molecule has 6 heteroatoms. The molecule has 1 fully saturated rings. The standard InChI is InChI=1S/C16H20N4OS/c1-2-9-19-10-6-11-20(12-14(19)21)16-17-15(18-22-16)13-7-4-3-5-8-13/h3-5,7-8H,2,6,9-12H2,1H3. The fourth-order valence-corrected chi connectivity index (χ4v) is 3.35. The average molecular weight is 316 g/mol. The van der Waals surface area contributed by atoms with Crippen molar-refractivity contribution in [2.45, 2.75) is 19.8 Å². The number of anilines is 1. The van der Waals surface area contributed by atoms with Crippen LogP contribution >= 0.6 is 11.5 Å². The average Bonchev–Trinajstić information content (AvgIpc) is 2.96. The van der Waals surface area contributed by atoms with Crippen LogP contribution in [-0.2, 0) is 4.79 Å². The molecule has 0 atom stereocenters. The van der Waals surface area contributed by atoms with E-state index in [0.717, 1.165) is 49.0 Å². The number of hydrogen-bond donors (Lipinski definition) is 0. The molecule has 0 unspecified atom stereocenters. The molecule has 0 spiro atoms. The molecule has 1 aromatic carbocycles. The van der Waals surface area contributed by atoms with Gasteiger partial charge in [0.2, 0.25) is 11.0 Å². The summed E-state index contributed by atoms with van der Waals surface area (Å²) in [6, 6.07) is 9.94. The third-order valence-electron chi connectivity index (χ3n) is 3.75. The van der Waals surface area contributed by atoms with Crippen molar-refractivity contribution in [1.82, 2.24) is 14.3 Å². The van der Waals surface area contributed by atoms with Crippen molar-refractivity contribution in [1.29, 1.82) is 0 Å². The van der Waals surface area contributed by atoms with Crippen LogP contribution in [0.4, 0.5) is 5.13 Å². The smallest absolute Gasteiger partial charge is 0.242 e. The lowest BCUT2D eigenvalue weighted by atomic mass is 10.2. The number of rotatable bonds is 4. The molecular weight excluding hydrogens is 296 g/mol. The molecule has 1 aromatic heterocycles. The molecule has 22 heavy (non-hydrogen) atoms. The van der Waals surface area contributed by atoms with Crippen LogP contribution < -0.4 is 4.90 Å². The van der Waals surface area contributed by atoms with E-state index in [2.05, 4.69) is 21.2 Å². The van der Waals surface area contributed by atoms with Gasteiger partial charge in [0, 0.05) is 36.7 Å². The van der Waals surface area contributed by atoms with Crippen LogP contribution in [0.2, 0.25) is 0 Å². The Balaban J connectivity index is 1.75. The van der Waals surface area contributed by atoms with E-state index in [4.69, 9.17) is 0 Å². The van der Waals surface area contributed by atoms with Crippen molar-refractivity contribution in [3.8, 4) is 11.4 Å². The van der Waals surface area contributed by atoms with Crippen LogP contribution in [0.1, 0.15) is 19.8 Å². The summed E-state index contributed by atoms with van der Waals surface area (Å²) < 4.78 is 4.44. The molecule has 0 aliphatic carbocycles. The highest BCUT2D eigenvalue weighted by molar-refractivity contribution is 7.09. The largest absolute Gasteiger partial charge is 0.341 e. The highest BCUT2D eigenvalue weighted by atomic mass is 32.1. The lowest BCUT2D eigenvalue weighted by molar-refractivity contribution is -0.129. The second kappa shape index (κ2) is 6.87. The molecule has 3 rings (SSSR count). The highest BCUT2D eigenvalue weighted by Crippen LogP contribution is 2.24. The van der Waals surface area contributed by atoms with Gasteiger partial charge in [0.1, 0.15) is 0 Å². The molecule has 2 aromatic rings. The zero-order chi connectivity index (χ0) is 15.4. The maximum atomic E-state index is 12.3. The van der Waals surface area contributed by atoms with Crippen molar-refractivity contribution in [2.24, 2.45) is 0 Å². The normalized spacial score (nSPS) is 16.0. The Bertz CT molecular complexity index is 628. The summed E-state index contributed by atoms with van der Waals surface area (Å²) >= 11 is 1.37. The van der Waals surface area contributed by atoms with E-state index in [-0.39, 0.29) is 5.91 Å². The Labute approximate surface area is 134 Å². The van der Waals surface area contributed by atoms with Gasteiger partial charge >= 0.3 is 0 Å². The summed E-state index contributed by atoms with van der Waals surface area (Å²) in [5.41, 5.74) is 1.01. The van der Waals surface area contributed by atoms with Gasteiger partial charge in [-0.25, -0.2) is 0 Å². The summed E-state index contributed by atoms with van der Waals surface area (Å²) in [5.74, 6) is 0.929. The van der Waals surface area contributed by atoms with Gasteiger partial charge in [0.25, 0.3) is 0 Å². The van der Waals surface area contributed by atoms with Gasteiger partial charge in [0.05, 0.1) is 6.54 Å². The summed E-state index contributed by atoms with van der Waals surface area (Å²) in [4.78, 5) is 20.9. The molecule has 5 nitrogen and oxygen atoms in total. The first-order valence-corrected chi connectivity index (χ1v) is 8.47. The lowest BCUT2D eigenvalue weighted by Crippen LogP contribution is -2.37. The number of hydrogen-bond acceptors (Lipinski definition) is 5. The minimum atomic E-state index is 0.191. The Morgan fingerprint density at radius 2 is 2.05 bits per heavy atom. The van der Waals surface area contributed by atoms with Crippen molar-refractivity contribution in [2.75, 3.05) is 31.1 Å². The van der Waals surface area contributed by atoms with Crippen LogP contribution in [-0.4, -0.2) is 46.3 Å². The fraction of sp³-hybridized carbons (Fsp3) is 0.438. The summed E-state index contributed by atoms with van der Waals surface area (Å²) in [6.07, 6.45) is 1.98. The number of carbonyl (C=O) groups is 1. The van der Waals surface area contributed by atoms with Crippen LogP contribution in [0.15, 0.2) is 30.3 Å². The first kappa shape index (κ1) is 15.0. The van der Waals surface area contributed by atoms with E-state index in [0.29, 0.717) is 6.54 Å². The van der Waals surface area contributed by atoms with E-state index in [1.165, 1.54) is 11.5 Å². The number of nitrogens with zero attached hydrogens (tertiary/aromatic N) is 4. The molecule has 116 valence electrons. The van der Waals surface area contributed by atoms with Gasteiger partial charge in [-0.05, 0) is 12.8 Å². The van der Waals surface area contributed by atoms with Crippen molar-refractivity contribution >= 4 is 22.6 Å². The van der Waals surface area contributed by atoms with E-state index < -0.39 is 0 Å². The van der Waals surface area contributed by atoms with Crippen molar-refractivity contribution < 1.29 is 4.79 Å². The van der Waals surface area contributed by atoms with Crippen LogP contribution in [0.25, 0.3) is 11.4 Å². The number of benzene rings is 1. The zero-order valence-electron chi connectivity index (χ0n) is 12.7. The van der Waals surface area contributed by atoms with Crippen molar-refractivity contribution in [3.05, 3.63) is 30.3 Å². The summed E-state index contributed by atoms with van der Waals surface area (Å²) in [7, 11) is 0. The fourth-order valence-electron chi connectivity index (χ4n) is 2.64. The van der Waals surface area contributed by atoms with Gasteiger partial charge in [-0.1, -0.05) is 37.3 Å². The van der Waals surface area contributed by atoms with Crippen LogP contribution in [0, 0.1) is 0 Å². The third kappa shape index (κ3) is 3.27. The Morgan fingerprint density at radius 3 is 2.82 bits per heavy atom. The van der Waals surface area contributed by atoms with Gasteiger partial charge < -0.3 is 9.80 Å². The number of carbonyl (C=O) groups excluding carboxylic acids is 1. The predicted molar refractivity (Wildman–Crippen MR) is 89.0 cm³/mol. The van der Waals surface area contributed by atoms with Gasteiger partial charge in [-0.3, -0.25) is 4.79 Å².